The first kappa shape index (κ1) is 21.8. The number of piperidine rings is 1. The Labute approximate surface area is 177 Å². The first-order valence-corrected chi connectivity index (χ1v) is 9.97. The maximum atomic E-state index is 12.2. The summed E-state index contributed by atoms with van der Waals surface area (Å²) in [5.74, 6) is 1.55. The van der Waals surface area contributed by atoms with Gasteiger partial charge in [0.2, 0.25) is 0 Å². The number of carboxylic acid groups (broad SMARTS) is 1. The fourth-order valence-electron chi connectivity index (χ4n) is 4.30. The van der Waals surface area contributed by atoms with Crippen molar-refractivity contribution in [3.05, 3.63) is 47.5 Å². The number of carbonyl (C=O) groups is 1. The maximum Gasteiger partial charge on any atom is 0.320 e. The lowest BCUT2D eigenvalue weighted by molar-refractivity contribution is -0.145. The third-order valence-electron chi connectivity index (χ3n) is 5.63. The van der Waals surface area contributed by atoms with Crippen molar-refractivity contribution in [1.82, 2.24) is 4.90 Å². The molecule has 7 nitrogen and oxygen atoms in total. The fourth-order valence-corrected chi connectivity index (χ4v) is 4.30. The van der Waals surface area contributed by atoms with Crippen LogP contribution in [0.4, 0.5) is 0 Å². The molecule has 1 aliphatic rings. The van der Waals surface area contributed by atoms with Crippen LogP contribution in [0.2, 0.25) is 0 Å². The van der Waals surface area contributed by atoms with Crippen molar-refractivity contribution in [2.24, 2.45) is 0 Å². The van der Waals surface area contributed by atoms with Crippen molar-refractivity contribution in [2.45, 2.75) is 31.3 Å². The highest BCUT2D eigenvalue weighted by atomic mass is 16.5. The second-order valence-corrected chi connectivity index (χ2v) is 7.15. The van der Waals surface area contributed by atoms with Gasteiger partial charge < -0.3 is 24.1 Å². The highest BCUT2D eigenvalue weighted by Gasteiger charge is 2.39. The number of hydrogen-bond donors (Lipinski definition) is 1. The van der Waals surface area contributed by atoms with E-state index in [0.29, 0.717) is 36.0 Å². The van der Waals surface area contributed by atoms with Crippen LogP contribution < -0.4 is 18.9 Å². The molecule has 3 rings (SSSR count). The summed E-state index contributed by atoms with van der Waals surface area (Å²) in [7, 11) is 6.37. The van der Waals surface area contributed by atoms with Gasteiger partial charge in [-0.05, 0) is 37.6 Å². The van der Waals surface area contributed by atoms with Crippen LogP contribution in [0.1, 0.15) is 36.4 Å². The van der Waals surface area contributed by atoms with E-state index in [0.717, 1.165) is 24.0 Å². The minimum absolute atomic E-state index is 0.456. The van der Waals surface area contributed by atoms with Crippen molar-refractivity contribution >= 4 is 5.97 Å². The SMILES string of the molecule is COc1cccc(C(c2c(OC)cccc2OC)N2CCCCC2C(=O)O)c1OC. The summed E-state index contributed by atoms with van der Waals surface area (Å²) in [5.41, 5.74) is 1.56. The van der Waals surface area contributed by atoms with E-state index < -0.39 is 18.1 Å². The van der Waals surface area contributed by atoms with Gasteiger partial charge in [0.1, 0.15) is 17.5 Å². The van der Waals surface area contributed by atoms with Gasteiger partial charge in [-0.2, -0.15) is 0 Å². The molecular weight excluding hydrogens is 386 g/mol. The van der Waals surface area contributed by atoms with E-state index in [2.05, 4.69) is 0 Å². The monoisotopic (exact) mass is 415 g/mol. The van der Waals surface area contributed by atoms with Gasteiger partial charge in [-0.25, -0.2) is 0 Å². The molecule has 0 radical (unpaired) electrons. The summed E-state index contributed by atoms with van der Waals surface area (Å²) in [6, 6.07) is 10.1. The first-order valence-electron chi connectivity index (χ1n) is 9.97. The van der Waals surface area contributed by atoms with Gasteiger partial charge in [0.05, 0.1) is 40.0 Å². The quantitative estimate of drug-likeness (QED) is 0.704. The van der Waals surface area contributed by atoms with Gasteiger partial charge in [0.15, 0.2) is 11.5 Å². The molecule has 1 heterocycles. The maximum absolute atomic E-state index is 12.2. The molecule has 0 aromatic heterocycles. The van der Waals surface area contributed by atoms with E-state index in [4.69, 9.17) is 18.9 Å². The normalized spacial score (nSPS) is 17.8. The summed E-state index contributed by atoms with van der Waals surface area (Å²) in [5, 5.41) is 9.97. The molecule has 7 heteroatoms. The van der Waals surface area contributed by atoms with Crippen LogP contribution in [-0.4, -0.2) is 57.0 Å². The zero-order valence-electron chi connectivity index (χ0n) is 17.9. The van der Waals surface area contributed by atoms with E-state index in [-0.39, 0.29) is 0 Å². The Balaban J connectivity index is 2.31. The van der Waals surface area contributed by atoms with Gasteiger partial charge >= 0.3 is 5.97 Å². The molecule has 1 saturated heterocycles. The Hall–Kier alpha value is -2.93. The Kier molecular flexibility index (Phi) is 7.05. The van der Waals surface area contributed by atoms with Crippen LogP contribution in [0, 0.1) is 0 Å². The minimum atomic E-state index is -0.838. The number of nitrogens with zero attached hydrogens (tertiary/aromatic N) is 1. The van der Waals surface area contributed by atoms with E-state index in [9.17, 15) is 9.90 Å². The predicted molar refractivity (Wildman–Crippen MR) is 113 cm³/mol. The molecule has 0 amide bonds. The van der Waals surface area contributed by atoms with E-state index in [1.807, 2.05) is 41.3 Å². The van der Waals surface area contributed by atoms with Crippen molar-refractivity contribution in [3.8, 4) is 23.0 Å². The molecule has 2 aromatic rings. The minimum Gasteiger partial charge on any atom is -0.496 e. The molecule has 2 aromatic carbocycles. The average Bonchev–Trinajstić information content (AvgIpc) is 2.79. The highest BCUT2D eigenvalue weighted by molar-refractivity contribution is 5.74. The van der Waals surface area contributed by atoms with Crippen LogP contribution in [-0.2, 0) is 4.79 Å². The standard InChI is InChI=1S/C23H29NO6/c1-27-17-11-8-12-18(28-2)20(17)21(24-14-6-5-10-16(24)23(25)26)15-9-7-13-19(29-3)22(15)30-4/h7-9,11-13,16,21H,5-6,10,14H2,1-4H3,(H,25,26). The van der Waals surface area contributed by atoms with Crippen molar-refractivity contribution in [1.29, 1.82) is 0 Å². The summed E-state index contributed by atoms with van der Waals surface area (Å²) in [4.78, 5) is 14.2. The molecule has 2 unspecified atom stereocenters. The summed E-state index contributed by atoms with van der Waals surface area (Å²) < 4.78 is 22.6. The molecule has 2 atom stereocenters. The number of aliphatic carboxylic acids is 1. The third kappa shape index (κ3) is 4.03. The van der Waals surface area contributed by atoms with Crippen molar-refractivity contribution in [3.63, 3.8) is 0 Å². The lowest BCUT2D eigenvalue weighted by atomic mass is 9.90. The number of benzene rings is 2. The second-order valence-electron chi connectivity index (χ2n) is 7.15. The van der Waals surface area contributed by atoms with E-state index in [1.54, 1.807) is 28.4 Å². The molecule has 1 aliphatic heterocycles. The lowest BCUT2D eigenvalue weighted by Gasteiger charge is -2.40. The molecule has 1 N–H and O–H groups in total. The number of likely N-dealkylation sites (tertiary alicyclic amines) is 1. The Morgan fingerprint density at radius 3 is 2.10 bits per heavy atom. The Bertz CT molecular complexity index is 862. The van der Waals surface area contributed by atoms with Gasteiger partial charge in [0, 0.05) is 5.56 Å². The molecule has 30 heavy (non-hydrogen) atoms. The van der Waals surface area contributed by atoms with Gasteiger partial charge in [-0.1, -0.05) is 24.6 Å². The molecule has 162 valence electrons. The zero-order chi connectivity index (χ0) is 21.7. The number of rotatable bonds is 8. The first-order chi connectivity index (χ1) is 14.6. The average molecular weight is 415 g/mol. The van der Waals surface area contributed by atoms with E-state index >= 15 is 0 Å². The summed E-state index contributed by atoms with van der Waals surface area (Å²) in [6.07, 6.45) is 2.36. The number of hydrogen-bond acceptors (Lipinski definition) is 6. The highest BCUT2D eigenvalue weighted by Crippen LogP contribution is 2.47. The van der Waals surface area contributed by atoms with Crippen LogP contribution in [0.25, 0.3) is 0 Å². The van der Waals surface area contributed by atoms with Crippen LogP contribution in [0.15, 0.2) is 36.4 Å². The Morgan fingerprint density at radius 1 is 0.933 bits per heavy atom. The smallest absolute Gasteiger partial charge is 0.320 e. The zero-order valence-corrected chi connectivity index (χ0v) is 17.9. The van der Waals surface area contributed by atoms with Gasteiger partial charge in [0.25, 0.3) is 0 Å². The lowest BCUT2D eigenvalue weighted by Crippen LogP contribution is -2.47. The molecule has 0 spiro atoms. The van der Waals surface area contributed by atoms with Crippen molar-refractivity contribution < 1.29 is 28.8 Å². The third-order valence-corrected chi connectivity index (χ3v) is 5.63. The number of carboxylic acids is 1. The van der Waals surface area contributed by atoms with Gasteiger partial charge in [-0.15, -0.1) is 0 Å². The molecular formula is C23H29NO6. The van der Waals surface area contributed by atoms with E-state index in [1.165, 1.54) is 0 Å². The number of methoxy groups -OCH3 is 4. The molecule has 0 saturated carbocycles. The molecule has 1 fully saturated rings. The number of para-hydroxylation sites is 1. The summed E-state index contributed by atoms with van der Waals surface area (Å²) in [6.45, 7) is 0.628. The largest absolute Gasteiger partial charge is 0.496 e. The van der Waals surface area contributed by atoms with Crippen LogP contribution in [0.5, 0.6) is 23.0 Å². The Morgan fingerprint density at radius 2 is 1.53 bits per heavy atom. The predicted octanol–water partition coefficient (Wildman–Crippen LogP) is 3.75. The van der Waals surface area contributed by atoms with Crippen molar-refractivity contribution in [2.75, 3.05) is 35.0 Å². The van der Waals surface area contributed by atoms with Crippen LogP contribution in [0.3, 0.4) is 0 Å². The molecule has 0 bridgehead atoms. The second kappa shape index (κ2) is 9.71. The molecule has 0 aliphatic carbocycles. The fraction of sp³-hybridized carbons (Fsp3) is 0.435. The van der Waals surface area contributed by atoms with Gasteiger partial charge in [-0.3, -0.25) is 9.69 Å². The summed E-state index contributed by atoms with van der Waals surface area (Å²) >= 11 is 0. The topological polar surface area (TPSA) is 77.5 Å². The number of ether oxygens (including phenoxy) is 4. The van der Waals surface area contributed by atoms with Crippen LogP contribution >= 0.6 is 0 Å².